The van der Waals surface area contributed by atoms with Crippen LogP contribution < -0.4 is 5.32 Å². The minimum Gasteiger partial charge on any atom is -0.316 e. The predicted molar refractivity (Wildman–Crippen MR) is 81.3 cm³/mol. The molecule has 4 nitrogen and oxygen atoms in total. The molecule has 0 aromatic heterocycles. The van der Waals surface area contributed by atoms with E-state index in [0.717, 1.165) is 18.9 Å². The van der Waals surface area contributed by atoms with E-state index in [4.69, 9.17) is 11.6 Å². The van der Waals surface area contributed by atoms with Crippen LogP contribution in [0.1, 0.15) is 25.3 Å². The Labute approximate surface area is 130 Å². The van der Waals surface area contributed by atoms with E-state index >= 15 is 0 Å². The topological polar surface area (TPSA) is 49.4 Å². The van der Waals surface area contributed by atoms with Crippen LogP contribution in [0.25, 0.3) is 0 Å². The number of hydrogen-bond donors (Lipinski definition) is 1. The van der Waals surface area contributed by atoms with Gasteiger partial charge in [-0.05, 0) is 43.5 Å². The zero-order valence-corrected chi connectivity index (χ0v) is 13.8. The number of sulfonamides is 1. The van der Waals surface area contributed by atoms with Crippen molar-refractivity contribution in [2.24, 2.45) is 5.92 Å². The van der Waals surface area contributed by atoms with Crippen molar-refractivity contribution >= 4 is 21.6 Å². The van der Waals surface area contributed by atoms with Crippen molar-refractivity contribution in [3.63, 3.8) is 0 Å². The van der Waals surface area contributed by atoms with Gasteiger partial charge in [-0.15, -0.1) is 0 Å². The van der Waals surface area contributed by atoms with Crippen molar-refractivity contribution in [2.75, 3.05) is 20.1 Å². The Kier molecular flexibility index (Phi) is 5.24. The van der Waals surface area contributed by atoms with Crippen LogP contribution >= 0.6 is 11.6 Å². The van der Waals surface area contributed by atoms with Gasteiger partial charge in [0.2, 0.25) is 10.0 Å². The molecular weight excluding hydrogens is 315 g/mol. The molecule has 1 heterocycles. The van der Waals surface area contributed by atoms with Gasteiger partial charge in [0.05, 0.1) is 9.92 Å². The molecule has 1 atom stereocenters. The normalized spacial score (nSPS) is 20.7. The summed E-state index contributed by atoms with van der Waals surface area (Å²) in [5.74, 6) is -0.379. The first kappa shape index (κ1) is 16.7. The van der Waals surface area contributed by atoms with Crippen molar-refractivity contribution < 1.29 is 12.8 Å². The van der Waals surface area contributed by atoms with Crippen LogP contribution in [0.3, 0.4) is 0 Å². The third-order valence-corrected chi connectivity index (χ3v) is 5.97. The molecule has 1 aromatic carbocycles. The molecule has 1 unspecified atom stereocenters. The Morgan fingerprint density at radius 2 is 2.19 bits per heavy atom. The van der Waals surface area contributed by atoms with Gasteiger partial charge in [0.1, 0.15) is 5.82 Å². The molecule has 2 rings (SSSR count). The van der Waals surface area contributed by atoms with Crippen LogP contribution in [0.15, 0.2) is 17.0 Å². The van der Waals surface area contributed by atoms with Gasteiger partial charge in [-0.3, -0.25) is 0 Å². The molecule has 0 aliphatic carbocycles. The summed E-state index contributed by atoms with van der Waals surface area (Å²) in [5.41, 5.74) is 0.447. The first-order valence-electron chi connectivity index (χ1n) is 6.99. The minimum atomic E-state index is -3.67. The third-order valence-electron chi connectivity index (χ3n) is 3.70. The maximum absolute atomic E-state index is 13.9. The summed E-state index contributed by atoms with van der Waals surface area (Å²) in [5, 5.41) is 2.83. The monoisotopic (exact) mass is 334 g/mol. The van der Waals surface area contributed by atoms with Crippen LogP contribution in [0.5, 0.6) is 0 Å². The fourth-order valence-corrected chi connectivity index (χ4v) is 4.44. The maximum Gasteiger partial charge on any atom is 0.243 e. The molecule has 0 radical (unpaired) electrons. The molecular formula is C14H20ClFN2O2S. The lowest BCUT2D eigenvalue weighted by atomic mass is 10.0. The molecule has 7 heteroatoms. The highest BCUT2D eigenvalue weighted by molar-refractivity contribution is 7.89. The number of halogens is 2. The van der Waals surface area contributed by atoms with Crippen molar-refractivity contribution in [3.05, 3.63) is 28.5 Å². The smallest absolute Gasteiger partial charge is 0.243 e. The largest absolute Gasteiger partial charge is 0.316 e. The maximum atomic E-state index is 13.9. The lowest BCUT2D eigenvalue weighted by molar-refractivity contribution is 0.281. The first-order chi connectivity index (χ1) is 9.86. The molecule has 118 valence electrons. The van der Waals surface area contributed by atoms with Crippen LogP contribution in [0.4, 0.5) is 4.39 Å². The van der Waals surface area contributed by atoms with E-state index in [9.17, 15) is 12.8 Å². The molecule has 1 aliphatic rings. The van der Waals surface area contributed by atoms with Crippen LogP contribution in [0.2, 0.25) is 5.02 Å². The molecule has 0 bridgehead atoms. The standard InChI is InChI=1S/C14H20ClFN2O2S/c1-10-4-3-5-18(9-10)21(19,20)12-6-11(8-17-2)14(15)13(16)7-12/h6-7,10,17H,3-5,8-9H2,1-2H3. The van der Waals surface area contributed by atoms with Crippen molar-refractivity contribution in [1.82, 2.24) is 9.62 Å². The van der Waals surface area contributed by atoms with Gasteiger partial charge >= 0.3 is 0 Å². The van der Waals surface area contributed by atoms with E-state index in [1.54, 1.807) is 7.05 Å². The molecule has 1 saturated heterocycles. The van der Waals surface area contributed by atoms with Gasteiger partial charge in [-0.1, -0.05) is 18.5 Å². The van der Waals surface area contributed by atoms with Gasteiger partial charge in [0.15, 0.2) is 0 Å². The summed E-state index contributed by atoms with van der Waals surface area (Å²) in [6.45, 7) is 3.30. The molecule has 0 spiro atoms. The Morgan fingerprint density at radius 3 is 2.81 bits per heavy atom. The molecule has 0 saturated carbocycles. The molecule has 0 amide bonds. The Balaban J connectivity index is 2.40. The van der Waals surface area contributed by atoms with E-state index in [0.29, 0.717) is 31.1 Å². The van der Waals surface area contributed by atoms with E-state index in [-0.39, 0.29) is 9.92 Å². The molecule has 1 aliphatic heterocycles. The number of nitrogens with zero attached hydrogens (tertiary/aromatic N) is 1. The van der Waals surface area contributed by atoms with Crippen LogP contribution in [0, 0.1) is 11.7 Å². The number of piperidine rings is 1. The van der Waals surface area contributed by atoms with E-state index in [2.05, 4.69) is 5.32 Å². The van der Waals surface area contributed by atoms with Crippen molar-refractivity contribution in [3.8, 4) is 0 Å². The SMILES string of the molecule is CNCc1cc(S(=O)(=O)N2CCCC(C)C2)cc(F)c1Cl. The summed E-state index contributed by atoms with van der Waals surface area (Å²) in [4.78, 5) is -0.0243. The average Bonchev–Trinajstić information content (AvgIpc) is 2.43. The van der Waals surface area contributed by atoms with Gasteiger partial charge in [-0.2, -0.15) is 4.31 Å². The number of hydrogen-bond acceptors (Lipinski definition) is 3. The van der Waals surface area contributed by atoms with E-state index in [1.807, 2.05) is 6.92 Å². The van der Waals surface area contributed by atoms with E-state index < -0.39 is 15.8 Å². The van der Waals surface area contributed by atoms with Gasteiger partial charge in [0, 0.05) is 19.6 Å². The summed E-state index contributed by atoms with van der Waals surface area (Å²) >= 11 is 5.88. The van der Waals surface area contributed by atoms with Gasteiger partial charge in [-0.25, -0.2) is 12.8 Å². The summed E-state index contributed by atoms with van der Waals surface area (Å²) in [6.07, 6.45) is 1.85. The molecule has 1 fully saturated rings. The number of benzene rings is 1. The quantitative estimate of drug-likeness (QED) is 0.920. The van der Waals surface area contributed by atoms with Crippen molar-refractivity contribution in [2.45, 2.75) is 31.2 Å². The second kappa shape index (κ2) is 6.60. The highest BCUT2D eigenvalue weighted by atomic mass is 35.5. The van der Waals surface area contributed by atoms with Gasteiger partial charge in [0.25, 0.3) is 0 Å². The number of rotatable bonds is 4. The summed E-state index contributed by atoms with van der Waals surface area (Å²) in [6, 6.07) is 2.46. The van der Waals surface area contributed by atoms with Gasteiger partial charge < -0.3 is 5.32 Å². The number of nitrogens with one attached hydrogen (secondary N) is 1. The highest BCUT2D eigenvalue weighted by Gasteiger charge is 2.29. The first-order valence-corrected chi connectivity index (χ1v) is 8.80. The molecule has 1 aromatic rings. The Hall–Kier alpha value is -0.690. The lowest BCUT2D eigenvalue weighted by Gasteiger charge is -2.30. The molecule has 1 N–H and O–H groups in total. The fraction of sp³-hybridized carbons (Fsp3) is 0.571. The molecule has 21 heavy (non-hydrogen) atoms. The van der Waals surface area contributed by atoms with E-state index in [1.165, 1.54) is 10.4 Å². The second-order valence-corrected chi connectivity index (χ2v) is 7.83. The lowest BCUT2D eigenvalue weighted by Crippen LogP contribution is -2.39. The Bertz CT molecular complexity index is 622. The predicted octanol–water partition coefficient (Wildman–Crippen LogP) is 2.62. The highest BCUT2D eigenvalue weighted by Crippen LogP contribution is 2.28. The van der Waals surface area contributed by atoms with Crippen LogP contribution in [-0.4, -0.2) is 32.9 Å². The second-order valence-electron chi connectivity index (χ2n) is 5.52. The zero-order valence-electron chi connectivity index (χ0n) is 12.2. The third kappa shape index (κ3) is 3.56. The zero-order chi connectivity index (χ0) is 15.6. The average molecular weight is 335 g/mol. The fourth-order valence-electron chi connectivity index (χ4n) is 2.60. The summed E-state index contributed by atoms with van der Waals surface area (Å²) in [7, 11) is -1.97. The Morgan fingerprint density at radius 1 is 1.48 bits per heavy atom. The van der Waals surface area contributed by atoms with Crippen LogP contribution in [-0.2, 0) is 16.6 Å². The summed E-state index contributed by atoms with van der Waals surface area (Å²) < 4.78 is 40.6. The van der Waals surface area contributed by atoms with Crippen molar-refractivity contribution in [1.29, 1.82) is 0 Å². The minimum absolute atomic E-state index is 0.0243.